The van der Waals surface area contributed by atoms with Gasteiger partial charge in [0.1, 0.15) is 5.75 Å². The summed E-state index contributed by atoms with van der Waals surface area (Å²) >= 11 is 0. The summed E-state index contributed by atoms with van der Waals surface area (Å²) in [4.78, 5) is 11.5. The molecular formula is C13H18ClF3N2O3. The van der Waals surface area contributed by atoms with Gasteiger partial charge in [-0.05, 0) is 37.2 Å². The quantitative estimate of drug-likeness (QED) is 0.713. The lowest BCUT2D eigenvalue weighted by Gasteiger charge is -2.10. The molecule has 0 atom stereocenters. The predicted octanol–water partition coefficient (Wildman–Crippen LogP) is 2.57. The number of ether oxygens (including phenoxy) is 2. The van der Waals surface area contributed by atoms with E-state index in [1.54, 1.807) is 7.11 Å². The summed E-state index contributed by atoms with van der Waals surface area (Å²) in [6, 6.07) is 4.94. The first-order valence-corrected chi connectivity index (χ1v) is 6.26. The van der Waals surface area contributed by atoms with Crippen LogP contribution < -0.4 is 15.4 Å². The topological polar surface area (TPSA) is 59.6 Å². The Kier molecular flexibility index (Phi) is 9.55. The summed E-state index contributed by atoms with van der Waals surface area (Å²) in [6.45, 7) is 1.36. The Balaban J connectivity index is 0.00000441. The predicted molar refractivity (Wildman–Crippen MR) is 78.4 cm³/mol. The molecule has 22 heavy (non-hydrogen) atoms. The first-order valence-electron chi connectivity index (χ1n) is 6.26. The van der Waals surface area contributed by atoms with Gasteiger partial charge in [0.05, 0.1) is 6.54 Å². The van der Waals surface area contributed by atoms with Gasteiger partial charge in [0.25, 0.3) is 0 Å². The van der Waals surface area contributed by atoms with Crippen LogP contribution in [0, 0.1) is 0 Å². The van der Waals surface area contributed by atoms with Gasteiger partial charge in [-0.15, -0.1) is 25.6 Å². The molecule has 1 aromatic rings. The van der Waals surface area contributed by atoms with Gasteiger partial charge < -0.3 is 20.1 Å². The molecule has 0 aromatic heterocycles. The zero-order valence-corrected chi connectivity index (χ0v) is 12.7. The largest absolute Gasteiger partial charge is 0.573 e. The highest BCUT2D eigenvalue weighted by Gasteiger charge is 2.30. The molecule has 1 rings (SSSR count). The number of amides is 1. The van der Waals surface area contributed by atoms with Crippen LogP contribution in [0.25, 0.3) is 0 Å². The molecule has 0 fully saturated rings. The Bertz CT molecular complexity index is 441. The molecule has 0 heterocycles. The average molecular weight is 343 g/mol. The second kappa shape index (κ2) is 10.3. The number of nitrogens with one attached hydrogen (secondary N) is 2. The molecule has 0 bridgehead atoms. The number of alkyl halides is 3. The number of benzene rings is 1. The number of anilines is 1. The molecule has 0 aliphatic carbocycles. The van der Waals surface area contributed by atoms with E-state index in [0.29, 0.717) is 18.8 Å². The van der Waals surface area contributed by atoms with Crippen LogP contribution >= 0.6 is 12.4 Å². The average Bonchev–Trinajstić information content (AvgIpc) is 2.39. The van der Waals surface area contributed by atoms with Crippen molar-refractivity contribution in [2.75, 3.05) is 32.1 Å². The molecule has 2 N–H and O–H groups in total. The smallest absolute Gasteiger partial charge is 0.406 e. The van der Waals surface area contributed by atoms with Crippen LogP contribution in [0.3, 0.4) is 0 Å². The minimum Gasteiger partial charge on any atom is -0.406 e. The SMILES string of the molecule is COCCCNCC(=O)Nc1ccc(OC(F)(F)F)cc1.Cl. The van der Waals surface area contributed by atoms with Crippen LogP contribution in [0.2, 0.25) is 0 Å². The van der Waals surface area contributed by atoms with Crippen LogP contribution in [-0.4, -0.2) is 39.1 Å². The lowest BCUT2D eigenvalue weighted by Crippen LogP contribution is -2.29. The van der Waals surface area contributed by atoms with Gasteiger partial charge in [-0.1, -0.05) is 0 Å². The number of methoxy groups -OCH3 is 1. The highest BCUT2D eigenvalue weighted by atomic mass is 35.5. The van der Waals surface area contributed by atoms with Gasteiger partial charge in [-0.2, -0.15) is 0 Å². The Morgan fingerprint density at radius 2 is 1.86 bits per heavy atom. The molecule has 0 spiro atoms. The van der Waals surface area contributed by atoms with E-state index in [-0.39, 0.29) is 30.6 Å². The standard InChI is InChI=1S/C13H17F3N2O3.ClH/c1-20-8-2-7-17-9-12(19)18-10-3-5-11(6-4-10)21-13(14,15)16;/h3-6,17H,2,7-9H2,1H3,(H,18,19);1H. The van der Waals surface area contributed by atoms with E-state index >= 15 is 0 Å². The minimum atomic E-state index is -4.73. The summed E-state index contributed by atoms with van der Waals surface area (Å²) in [5.74, 6) is -0.616. The van der Waals surface area contributed by atoms with E-state index in [4.69, 9.17) is 4.74 Å². The van der Waals surface area contributed by atoms with Gasteiger partial charge >= 0.3 is 6.36 Å². The molecule has 1 amide bonds. The van der Waals surface area contributed by atoms with Gasteiger partial charge in [-0.25, -0.2) is 0 Å². The normalized spacial score (nSPS) is 10.7. The third-order valence-electron chi connectivity index (χ3n) is 2.36. The Labute approximate surface area is 132 Å². The van der Waals surface area contributed by atoms with Crippen LogP contribution in [0.1, 0.15) is 6.42 Å². The lowest BCUT2D eigenvalue weighted by molar-refractivity contribution is -0.274. The van der Waals surface area contributed by atoms with Crippen molar-refractivity contribution in [3.8, 4) is 5.75 Å². The third kappa shape index (κ3) is 9.43. The number of halogens is 4. The van der Waals surface area contributed by atoms with Crippen molar-refractivity contribution >= 4 is 24.0 Å². The second-order valence-corrected chi connectivity index (χ2v) is 4.14. The monoisotopic (exact) mass is 342 g/mol. The summed E-state index contributed by atoms with van der Waals surface area (Å²) in [5.41, 5.74) is 0.396. The highest BCUT2D eigenvalue weighted by Crippen LogP contribution is 2.23. The molecule has 0 aliphatic heterocycles. The number of hydrogen-bond donors (Lipinski definition) is 2. The molecule has 1 aromatic carbocycles. The fraction of sp³-hybridized carbons (Fsp3) is 0.462. The van der Waals surface area contributed by atoms with Crippen molar-refractivity contribution in [1.82, 2.24) is 5.32 Å². The van der Waals surface area contributed by atoms with Crippen molar-refractivity contribution in [1.29, 1.82) is 0 Å². The van der Waals surface area contributed by atoms with Crippen LogP contribution in [0.5, 0.6) is 5.75 Å². The highest BCUT2D eigenvalue weighted by molar-refractivity contribution is 5.92. The van der Waals surface area contributed by atoms with Gasteiger partial charge in [0, 0.05) is 19.4 Å². The van der Waals surface area contributed by atoms with Crippen molar-refractivity contribution < 1.29 is 27.4 Å². The van der Waals surface area contributed by atoms with Crippen LogP contribution in [0.4, 0.5) is 18.9 Å². The van der Waals surface area contributed by atoms with Gasteiger partial charge in [-0.3, -0.25) is 4.79 Å². The van der Waals surface area contributed by atoms with Crippen LogP contribution in [-0.2, 0) is 9.53 Å². The van der Waals surface area contributed by atoms with E-state index in [0.717, 1.165) is 18.6 Å². The van der Waals surface area contributed by atoms with E-state index in [1.807, 2.05) is 0 Å². The fourth-order valence-electron chi connectivity index (χ4n) is 1.49. The summed E-state index contributed by atoms with van der Waals surface area (Å²) in [7, 11) is 1.60. The second-order valence-electron chi connectivity index (χ2n) is 4.14. The Morgan fingerprint density at radius 3 is 2.41 bits per heavy atom. The summed E-state index contributed by atoms with van der Waals surface area (Å²) in [5, 5.41) is 5.47. The molecule has 0 aliphatic rings. The summed E-state index contributed by atoms with van der Waals surface area (Å²) in [6.07, 6.45) is -3.94. The number of rotatable bonds is 8. The molecular weight excluding hydrogens is 325 g/mol. The van der Waals surface area contributed by atoms with Gasteiger partial charge in [0.2, 0.25) is 5.91 Å². The van der Waals surface area contributed by atoms with Crippen molar-refractivity contribution in [2.45, 2.75) is 12.8 Å². The maximum absolute atomic E-state index is 12.0. The zero-order chi connectivity index (χ0) is 15.7. The Morgan fingerprint density at radius 1 is 1.23 bits per heavy atom. The first kappa shape index (κ1) is 20.5. The van der Waals surface area contributed by atoms with E-state index in [1.165, 1.54) is 12.1 Å². The molecule has 126 valence electrons. The zero-order valence-electron chi connectivity index (χ0n) is 11.9. The molecule has 0 unspecified atom stereocenters. The Hall–Kier alpha value is -1.51. The molecule has 0 saturated carbocycles. The van der Waals surface area contributed by atoms with E-state index in [9.17, 15) is 18.0 Å². The summed E-state index contributed by atoms with van der Waals surface area (Å²) < 4.78 is 44.5. The van der Waals surface area contributed by atoms with Crippen molar-refractivity contribution in [3.05, 3.63) is 24.3 Å². The molecule has 9 heteroatoms. The van der Waals surface area contributed by atoms with Crippen molar-refractivity contribution in [2.24, 2.45) is 0 Å². The fourth-order valence-corrected chi connectivity index (χ4v) is 1.49. The number of carbonyl (C=O) groups is 1. The van der Waals surface area contributed by atoms with E-state index < -0.39 is 6.36 Å². The van der Waals surface area contributed by atoms with Crippen LogP contribution in [0.15, 0.2) is 24.3 Å². The number of carbonyl (C=O) groups excluding carboxylic acids is 1. The molecule has 5 nitrogen and oxygen atoms in total. The lowest BCUT2D eigenvalue weighted by atomic mass is 10.3. The van der Waals surface area contributed by atoms with Crippen molar-refractivity contribution in [3.63, 3.8) is 0 Å². The minimum absolute atomic E-state index is 0. The maximum Gasteiger partial charge on any atom is 0.573 e. The maximum atomic E-state index is 12.0. The number of hydrogen-bond acceptors (Lipinski definition) is 4. The molecule has 0 radical (unpaired) electrons. The van der Waals surface area contributed by atoms with Gasteiger partial charge in [0.15, 0.2) is 0 Å². The molecule has 0 saturated heterocycles. The third-order valence-corrected chi connectivity index (χ3v) is 2.36. The first-order chi connectivity index (χ1) is 9.90. The van der Waals surface area contributed by atoms with E-state index in [2.05, 4.69) is 15.4 Å².